The molecule has 1 saturated heterocycles. The molecule has 1 atom stereocenters. The molecule has 1 aliphatic heterocycles. The van der Waals surface area contributed by atoms with E-state index in [1.54, 1.807) is 42.7 Å². The number of anilines is 1. The Hall–Kier alpha value is -1.67. The number of nitrogens with zero attached hydrogens (tertiary/aromatic N) is 2. The van der Waals surface area contributed by atoms with Crippen molar-refractivity contribution in [2.24, 2.45) is 5.92 Å². The van der Waals surface area contributed by atoms with Gasteiger partial charge in [-0.2, -0.15) is 0 Å². The molecule has 1 N–H and O–H groups in total. The van der Waals surface area contributed by atoms with Gasteiger partial charge < -0.3 is 5.32 Å². The summed E-state index contributed by atoms with van der Waals surface area (Å²) < 4.78 is 27.0. The van der Waals surface area contributed by atoms with Crippen LogP contribution in [0.3, 0.4) is 0 Å². The Morgan fingerprint density at radius 2 is 2.07 bits per heavy atom. The highest BCUT2D eigenvalue weighted by Gasteiger charge is 2.32. The van der Waals surface area contributed by atoms with Gasteiger partial charge in [-0.05, 0) is 42.7 Å². The summed E-state index contributed by atoms with van der Waals surface area (Å²) in [7, 11) is -3.57. The van der Waals surface area contributed by atoms with Crippen LogP contribution < -0.4 is 5.32 Å². The molecule has 2 heterocycles. The third-order valence-electron chi connectivity index (χ3n) is 4.41. The first-order valence-electron chi connectivity index (χ1n) is 8.48. The molecule has 0 aliphatic carbocycles. The SMILES string of the molecule is O=C(Nc1cccnc1)C1CCCN(S(=O)(=O)Cc2ccc(Cl)c(Cl)c2)C1. The molecule has 1 fully saturated rings. The summed E-state index contributed by atoms with van der Waals surface area (Å²) in [4.78, 5) is 16.4. The average molecular weight is 428 g/mol. The van der Waals surface area contributed by atoms with Crippen molar-refractivity contribution in [1.29, 1.82) is 0 Å². The summed E-state index contributed by atoms with van der Waals surface area (Å²) in [5.74, 6) is -0.777. The van der Waals surface area contributed by atoms with E-state index in [1.807, 2.05) is 0 Å². The van der Waals surface area contributed by atoms with E-state index < -0.39 is 15.9 Å². The number of piperidine rings is 1. The van der Waals surface area contributed by atoms with Crippen molar-refractivity contribution < 1.29 is 13.2 Å². The summed E-state index contributed by atoms with van der Waals surface area (Å²) in [6.45, 7) is 0.566. The Morgan fingerprint density at radius 1 is 1.26 bits per heavy atom. The Labute approximate surface area is 168 Å². The summed E-state index contributed by atoms with van der Waals surface area (Å²) in [6.07, 6.45) is 4.45. The summed E-state index contributed by atoms with van der Waals surface area (Å²) in [5, 5.41) is 3.49. The molecular formula is C18H19Cl2N3O3S. The molecule has 1 unspecified atom stereocenters. The second-order valence-corrected chi connectivity index (χ2v) is 9.22. The molecule has 0 radical (unpaired) electrons. The monoisotopic (exact) mass is 427 g/mol. The Bertz CT molecular complexity index is 923. The van der Waals surface area contributed by atoms with Crippen molar-refractivity contribution in [1.82, 2.24) is 9.29 Å². The number of hydrogen-bond acceptors (Lipinski definition) is 4. The van der Waals surface area contributed by atoms with Gasteiger partial charge in [-0.1, -0.05) is 29.3 Å². The quantitative estimate of drug-likeness (QED) is 0.790. The highest BCUT2D eigenvalue weighted by molar-refractivity contribution is 7.88. The third kappa shape index (κ3) is 5.19. The van der Waals surface area contributed by atoms with Crippen LogP contribution in [0.25, 0.3) is 0 Å². The van der Waals surface area contributed by atoms with Crippen molar-refractivity contribution in [3.8, 4) is 0 Å². The summed E-state index contributed by atoms with van der Waals surface area (Å²) in [6, 6.07) is 8.24. The second kappa shape index (κ2) is 8.56. The predicted octanol–water partition coefficient (Wildman–Crippen LogP) is 3.57. The van der Waals surface area contributed by atoms with E-state index in [1.165, 1.54) is 4.31 Å². The van der Waals surface area contributed by atoms with Gasteiger partial charge in [-0.3, -0.25) is 9.78 Å². The first-order valence-corrected chi connectivity index (χ1v) is 10.8. The maximum absolute atomic E-state index is 12.8. The van der Waals surface area contributed by atoms with E-state index >= 15 is 0 Å². The molecular weight excluding hydrogens is 409 g/mol. The van der Waals surface area contributed by atoms with E-state index in [0.717, 1.165) is 0 Å². The molecule has 144 valence electrons. The van der Waals surface area contributed by atoms with Gasteiger partial charge in [0.05, 0.1) is 33.6 Å². The molecule has 3 rings (SSSR count). The second-order valence-electron chi connectivity index (χ2n) is 6.43. The zero-order chi connectivity index (χ0) is 19.4. The normalized spacial score (nSPS) is 18.2. The van der Waals surface area contributed by atoms with Gasteiger partial charge in [0.25, 0.3) is 0 Å². The van der Waals surface area contributed by atoms with Gasteiger partial charge in [-0.25, -0.2) is 12.7 Å². The van der Waals surface area contributed by atoms with Crippen molar-refractivity contribution in [2.75, 3.05) is 18.4 Å². The molecule has 6 nitrogen and oxygen atoms in total. The van der Waals surface area contributed by atoms with E-state index in [0.29, 0.717) is 40.7 Å². The molecule has 0 saturated carbocycles. The van der Waals surface area contributed by atoms with Crippen LogP contribution in [0.15, 0.2) is 42.7 Å². The number of rotatable bonds is 5. The molecule has 0 spiro atoms. The van der Waals surface area contributed by atoms with Gasteiger partial charge in [0.1, 0.15) is 0 Å². The van der Waals surface area contributed by atoms with Crippen LogP contribution in [0.4, 0.5) is 5.69 Å². The number of benzene rings is 1. The molecule has 1 aromatic carbocycles. The number of sulfonamides is 1. The fraction of sp³-hybridized carbons (Fsp3) is 0.333. The van der Waals surface area contributed by atoms with Crippen LogP contribution in [0.2, 0.25) is 10.0 Å². The van der Waals surface area contributed by atoms with E-state index in [4.69, 9.17) is 23.2 Å². The number of pyridine rings is 1. The third-order valence-corrected chi connectivity index (χ3v) is 6.97. The fourth-order valence-corrected chi connectivity index (χ4v) is 4.94. The largest absolute Gasteiger partial charge is 0.324 e. The van der Waals surface area contributed by atoms with Gasteiger partial charge in [0.2, 0.25) is 15.9 Å². The minimum absolute atomic E-state index is 0.162. The maximum atomic E-state index is 12.8. The molecule has 0 bridgehead atoms. The highest BCUT2D eigenvalue weighted by atomic mass is 35.5. The number of amides is 1. The van der Waals surface area contributed by atoms with Crippen LogP contribution in [-0.2, 0) is 20.6 Å². The van der Waals surface area contributed by atoms with Gasteiger partial charge >= 0.3 is 0 Å². The predicted molar refractivity (Wildman–Crippen MR) is 106 cm³/mol. The number of hydrogen-bond donors (Lipinski definition) is 1. The van der Waals surface area contributed by atoms with Crippen molar-refractivity contribution in [3.63, 3.8) is 0 Å². The Morgan fingerprint density at radius 3 is 2.78 bits per heavy atom. The van der Waals surface area contributed by atoms with Crippen LogP contribution in [-0.4, -0.2) is 36.7 Å². The Kier molecular flexibility index (Phi) is 6.37. The van der Waals surface area contributed by atoms with Crippen molar-refractivity contribution in [3.05, 3.63) is 58.3 Å². The minimum Gasteiger partial charge on any atom is -0.324 e. The fourth-order valence-electron chi connectivity index (χ4n) is 3.02. The number of carbonyl (C=O) groups excluding carboxylic acids is 1. The lowest BCUT2D eigenvalue weighted by atomic mass is 9.99. The molecule has 1 amide bonds. The Balaban J connectivity index is 1.67. The number of halogens is 2. The first kappa shape index (κ1) is 20.1. The van der Waals surface area contributed by atoms with Crippen molar-refractivity contribution >= 4 is 44.8 Å². The number of nitrogens with one attached hydrogen (secondary N) is 1. The van der Waals surface area contributed by atoms with Gasteiger partial charge in [0, 0.05) is 19.3 Å². The number of aromatic nitrogens is 1. The molecule has 27 heavy (non-hydrogen) atoms. The van der Waals surface area contributed by atoms with E-state index in [-0.39, 0.29) is 18.2 Å². The minimum atomic E-state index is -3.57. The zero-order valence-corrected chi connectivity index (χ0v) is 16.8. The average Bonchev–Trinajstić information content (AvgIpc) is 2.65. The van der Waals surface area contributed by atoms with Gasteiger partial charge in [0.15, 0.2) is 0 Å². The maximum Gasteiger partial charge on any atom is 0.228 e. The smallest absolute Gasteiger partial charge is 0.228 e. The van der Waals surface area contributed by atoms with Crippen LogP contribution >= 0.6 is 23.2 Å². The summed E-state index contributed by atoms with van der Waals surface area (Å²) in [5.41, 5.74) is 1.16. The zero-order valence-electron chi connectivity index (χ0n) is 14.4. The van der Waals surface area contributed by atoms with Gasteiger partial charge in [-0.15, -0.1) is 0 Å². The summed E-state index contributed by atoms with van der Waals surface area (Å²) >= 11 is 11.9. The number of carbonyl (C=O) groups is 1. The molecule has 1 aromatic heterocycles. The highest BCUT2D eigenvalue weighted by Crippen LogP contribution is 2.26. The van der Waals surface area contributed by atoms with E-state index in [2.05, 4.69) is 10.3 Å². The van der Waals surface area contributed by atoms with Crippen LogP contribution in [0.1, 0.15) is 18.4 Å². The van der Waals surface area contributed by atoms with Crippen LogP contribution in [0, 0.1) is 5.92 Å². The first-order chi connectivity index (χ1) is 12.8. The molecule has 1 aliphatic rings. The topological polar surface area (TPSA) is 79.4 Å². The lowest BCUT2D eigenvalue weighted by molar-refractivity contribution is -0.120. The molecule has 2 aromatic rings. The van der Waals surface area contributed by atoms with E-state index in [9.17, 15) is 13.2 Å². The lowest BCUT2D eigenvalue weighted by Gasteiger charge is -2.31. The van der Waals surface area contributed by atoms with Crippen LogP contribution in [0.5, 0.6) is 0 Å². The van der Waals surface area contributed by atoms with Crippen molar-refractivity contribution in [2.45, 2.75) is 18.6 Å². The lowest BCUT2D eigenvalue weighted by Crippen LogP contribution is -2.44. The molecule has 9 heteroatoms. The standard InChI is InChI=1S/C18H19Cl2N3O3S/c19-16-6-5-13(9-17(16)20)12-27(25,26)23-8-2-3-14(11-23)18(24)22-15-4-1-7-21-10-15/h1,4-7,9-10,14H,2-3,8,11-12H2,(H,22,24).